The summed E-state index contributed by atoms with van der Waals surface area (Å²) in [6.07, 6.45) is -0.278. The second kappa shape index (κ2) is 7.03. The van der Waals surface area contributed by atoms with E-state index in [-0.39, 0.29) is 12.1 Å². The molecule has 7 nitrogen and oxygen atoms in total. The molecule has 2 heterocycles. The van der Waals surface area contributed by atoms with E-state index in [0.29, 0.717) is 22.8 Å². The summed E-state index contributed by atoms with van der Waals surface area (Å²) in [5.41, 5.74) is 1.62. The van der Waals surface area contributed by atoms with Crippen molar-refractivity contribution in [2.45, 2.75) is 39.8 Å². The summed E-state index contributed by atoms with van der Waals surface area (Å²) < 4.78 is 10.5. The molecule has 136 valence electrons. The Morgan fingerprint density at radius 2 is 1.96 bits per heavy atom. The number of aromatic nitrogens is 1. The predicted octanol–water partition coefficient (Wildman–Crippen LogP) is 3.48. The highest BCUT2D eigenvalue weighted by atomic mass is 16.5. The van der Waals surface area contributed by atoms with Gasteiger partial charge < -0.3 is 14.6 Å². The quantitative estimate of drug-likeness (QED) is 0.849. The number of anilines is 1. The number of aryl methyl sites for hydroxylation is 1. The number of allylic oxidation sites excluding steroid dienone is 1. The lowest BCUT2D eigenvalue weighted by Crippen LogP contribution is -2.48. The molecule has 1 aliphatic rings. The lowest BCUT2D eigenvalue weighted by Gasteiger charge is -2.34. The lowest BCUT2D eigenvalue weighted by atomic mass is 9.95. The zero-order chi connectivity index (χ0) is 18.8. The molecule has 0 spiro atoms. The maximum absolute atomic E-state index is 12.8. The Morgan fingerprint density at radius 3 is 2.54 bits per heavy atom. The van der Waals surface area contributed by atoms with Crippen LogP contribution in [0.1, 0.15) is 38.1 Å². The smallest absolute Gasteiger partial charge is 0.338 e. The molecule has 0 saturated carbocycles. The first-order valence-electron chi connectivity index (χ1n) is 8.39. The van der Waals surface area contributed by atoms with Crippen LogP contribution in [0.15, 0.2) is 52.2 Å². The molecule has 0 radical (unpaired) electrons. The fraction of sp³-hybridized carbons (Fsp3) is 0.316. The number of esters is 1. The van der Waals surface area contributed by atoms with Crippen molar-refractivity contribution in [3.63, 3.8) is 0 Å². The second-order valence-electron chi connectivity index (χ2n) is 6.38. The van der Waals surface area contributed by atoms with Gasteiger partial charge in [0.2, 0.25) is 0 Å². The van der Waals surface area contributed by atoms with Crippen LogP contribution in [0.5, 0.6) is 0 Å². The average Bonchev–Trinajstić information content (AvgIpc) is 3.00. The fourth-order valence-electron chi connectivity index (χ4n) is 2.91. The van der Waals surface area contributed by atoms with Gasteiger partial charge in [-0.1, -0.05) is 35.5 Å². The molecule has 1 aromatic heterocycles. The van der Waals surface area contributed by atoms with Crippen molar-refractivity contribution in [2.75, 3.05) is 4.90 Å². The highest BCUT2D eigenvalue weighted by Crippen LogP contribution is 2.33. The van der Waals surface area contributed by atoms with Gasteiger partial charge in [0.15, 0.2) is 5.82 Å². The zero-order valence-electron chi connectivity index (χ0n) is 15.1. The summed E-state index contributed by atoms with van der Waals surface area (Å²) in [7, 11) is 0. The third-order valence-corrected chi connectivity index (χ3v) is 4.02. The molecular formula is C19H21N3O4. The van der Waals surface area contributed by atoms with Crippen LogP contribution in [0, 0.1) is 6.92 Å². The largest absolute Gasteiger partial charge is 0.459 e. The number of urea groups is 1. The van der Waals surface area contributed by atoms with E-state index < -0.39 is 12.0 Å². The first-order chi connectivity index (χ1) is 12.4. The van der Waals surface area contributed by atoms with E-state index in [1.807, 2.05) is 30.3 Å². The van der Waals surface area contributed by atoms with Gasteiger partial charge in [0, 0.05) is 11.8 Å². The van der Waals surface area contributed by atoms with Crippen molar-refractivity contribution in [3.8, 4) is 0 Å². The summed E-state index contributed by atoms with van der Waals surface area (Å²) in [4.78, 5) is 26.9. The highest BCUT2D eigenvalue weighted by molar-refractivity contribution is 6.02. The molecule has 1 unspecified atom stereocenters. The molecule has 26 heavy (non-hydrogen) atoms. The number of nitrogens with one attached hydrogen (secondary N) is 1. The van der Waals surface area contributed by atoms with Crippen molar-refractivity contribution < 1.29 is 18.8 Å². The van der Waals surface area contributed by atoms with Crippen molar-refractivity contribution in [2.24, 2.45) is 0 Å². The number of amides is 2. The molecule has 2 aromatic rings. The van der Waals surface area contributed by atoms with E-state index in [1.165, 1.54) is 4.90 Å². The van der Waals surface area contributed by atoms with Crippen molar-refractivity contribution in [1.29, 1.82) is 0 Å². The average molecular weight is 355 g/mol. The van der Waals surface area contributed by atoms with Crippen molar-refractivity contribution in [3.05, 3.63) is 59.0 Å². The van der Waals surface area contributed by atoms with Crippen LogP contribution in [0.3, 0.4) is 0 Å². The highest BCUT2D eigenvalue weighted by Gasteiger charge is 2.38. The third-order valence-electron chi connectivity index (χ3n) is 4.02. The predicted molar refractivity (Wildman–Crippen MR) is 95.4 cm³/mol. The molecule has 0 aliphatic carbocycles. The van der Waals surface area contributed by atoms with Gasteiger partial charge in [0.1, 0.15) is 5.76 Å². The molecule has 1 aromatic carbocycles. The van der Waals surface area contributed by atoms with Crippen LogP contribution in [0.4, 0.5) is 10.6 Å². The summed E-state index contributed by atoms with van der Waals surface area (Å²) in [5, 5.41) is 6.77. The number of hydrogen-bond acceptors (Lipinski definition) is 5. The van der Waals surface area contributed by atoms with Gasteiger partial charge in [-0.3, -0.25) is 0 Å². The van der Waals surface area contributed by atoms with Gasteiger partial charge in [-0.05, 0) is 33.3 Å². The van der Waals surface area contributed by atoms with Crippen LogP contribution < -0.4 is 10.2 Å². The third kappa shape index (κ3) is 3.33. The summed E-state index contributed by atoms with van der Waals surface area (Å²) in [6.45, 7) is 7.00. The van der Waals surface area contributed by atoms with E-state index in [9.17, 15) is 9.59 Å². The lowest BCUT2D eigenvalue weighted by molar-refractivity contribution is -0.143. The van der Waals surface area contributed by atoms with Crippen molar-refractivity contribution in [1.82, 2.24) is 10.5 Å². The number of ether oxygens (including phenoxy) is 1. The Balaban J connectivity index is 2.11. The fourth-order valence-corrected chi connectivity index (χ4v) is 2.91. The number of nitrogens with zero attached hydrogens (tertiary/aromatic N) is 2. The molecule has 1 aliphatic heterocycles. The minimum atomic E-state index is -0.598. The zero-order valence-corrected chi connectivity index (χ0v) is 15.1. The summed E-state index contributed by atoms with van der Waals surface area (Å²) in [5.74, 6) is 0.410. The maximum Gasteiger partial charge on any atom is 0.338 e. The van der Waals surface area contributed by atoms with E-state index >= 15 is 0 Å². The molecule has 0 saturated heterocycles. The Hall–Kier alpha value is -3.09. The first-order valence-corrected chi connectivity index (χ1v) is 8.39. The Labute approximate surface area is 151 Å². The van der Waals surface area contributed by atoms with Gasteiger partial charge in [-0.15, -0.1) is 0 Å². The second-order valence-corrected chi connectivity index (χ2v) is 6.38. The standard InChI is InChI=1S/C19H21N3O4/c1-11(2)25-18(23)16-13(4)22(15-10-12(3)26-21-15)19(24)20-17(16)14-8-6-5-7-9-14/h5-11,17H,1-4H3,(H,20,24). The molecule has 7 heteroatoms. The number of hydrogen-bond donors (Lipinski definition) is 1. The normalized spacial score (nSPS) is 17.5. The summed E-state index contributed by atoms with van der Waals surface area (Å²) in [6, 6.07) is 9.96. The van der Waals surface area contributed by atoms with Gasteiger partial charge in [0.05, 0.1) is 17.7 Å². The van der Waals surface area contributed by atoms with Gasteiger partial charge in [-0.25, -0.2) is 14.5 Å². The van der Waals surface area contributed by atoms with Crippen LogP contribution >= 0.6 is 0 Å². The maximum atomic E-state index is 12.8. The number of rotatable bonds is 4. The van der Waals surface area contributed by atoms with E-state index in [2.05, 4.69) is 10.5 Å². The Kier molecular flexibility index (Phi) is 4.79. The van der Waals surface area contributed by atoms with E-state index in [0.717, 1.165) is 5.56 Å². The molecule has 1 atom stereocenters. The molecule has 2 amide bonds. The van der Waals surface area contributed by atoms with E-state index in [4.69, 9.17) is 9.26 Å². The molecule has 3 rings (SSSR count). The number of benzene rings is 1. The topological polar surface area (TPSA) is 84.7 Å². The van der Waals surface area contributed by atoms with Crippen molar-refractivity contribution >= 4 is 17.8 Å². The number of carbonyl (C=O) groups excluding carboxylic acids is 2. The molecular weight excluding hydrogens is 334 g/mol. The van der Waals surface area contributed by atoms with Crippen LogP contribution in [-0.2, 0) is 9.53 Å². The minimum absolute atomic E-state index is 0.278. The summed E-state index contributed by atoms with van der Waals surface area (Å²) >= 11 is 0. The van der Waals surface area contributed by atoms with E-state index in [1.54, 1.807) is 33.8 Å². The van der Waals surface area contributed by atoms with Gasteiger partial charge in [-0.2, -0.15) is 0 Å². The van der Waals surface area contributed by atoms with Gasteiger partial charge in [0.25, 0.3) is 0 Å². The monoisotopic (exact) mass is 355 g/mol. The molecule has 0 bridgehead atoms. The van der Waals surface area contributed by atoms with Crippen LogP contribution in [0.2, 0.25) is 0 Å². The van der Waals surface area contributed by atoms with Gasteiger partial charge >= 0.3 is 12.0 Å². The molecule has 1 N–H and O–H groups in total. The molecule has 0 fully saturated rings. The Bertz CT molecular complexity index is 855. The number of carbonyl (C=O) groups is 2. The SMILES string of the molecule is CC1=C(C(=O)OC(C)C)C(c2ccccc2)NC(=O)N1c1cc(C)on1. The minimum Gasteiger partial charge on any atom is -0.459 e. The first kappa shape index (κ1) is 17.7. The van der Waals surface area contributed by atoms with Crippen LogP contribution in [-0.4, -0.2) is 23.3 Å². The Morgan fingerprint density at radius 1 is 1.27 bits per heavy atom. The van der Waals surface area contributed by atoms with Crippen LogP contribution in [0.25, 0.3) is 0 Å².